The number of carbonyl (C=O) groups excluding carboxylic acids is 3. The van der Waals surface area contributed by atoms with E-state index in [0.717, 1.165) is 0 Å². The summed E-state index contributed by atoms with van der Waals surface area (Å²) in [4.78, 5) is 37.3. The molecular weight excluding hydrogens is 413 g/mol. The summed E-state index contributed by atoms with van der Waals surface area (Å²) in [7, 11) is 1.36. The highest BCUT2D eigenvalue weighted by Crippen LogP contribution is 2.21. The molecule has 0 saturated heterocycles. The number of ether oxygens (including phenoxy) is 1. The Morgan fingerprint density at radius 3 is 2.31 bits per heavy atom. The average Bonchev–Trinajstić information content (AvgIpc) is 2.81. The highest BCUT2D eigenvalue weighted by molar-refractivity contribution is 6.01. The van der Waals surface area contributed by atoms with E-state index in [9.17, 15) is 18.8 Å². The third kappa shape index (κ3) is 5.48. The number of amides is 3. The standard InChI is InChI=1S/C24H22FN3O4/c1-32-20-13-17(9-12-19(20)22(26)29)23(30)28-21(16-5-3-2-4-6-16)24(31)27-14-15-7-10-18(25)11-8-15/h2-13,21H,14H2,1H3,(H2,26,29)(H,27,31)(H,28,30). The number of hydrogen-bond donors (Lipinski definition) is 3. The van der Waals surface area contributed by atoms with E-state index in [-0.39, 0.29) is 29.2 Å². The van der Waals surface area contributed by atoms with Crippen molar-refractivity contribution in [2.24, 2.45) is 5.73 Å². The normalized spacial score (nSPS) is 11.3. The maximum absolute atomic E-state index is 13.1. The number of halogens is 1. The lowest BCUT2D eigenvalue weighted by molar-refractivity contribution is -0.123. The fraction of sp³-hybridized carbons (Fsp3) is 0.125. The van der Waals surface area contributed by atoms with Crippen LogP contribution < -0.4 is 21.1 Å². The number of primary amides is 1. The van der Waals surface area contributed by atoms with E-state index in [4.69, 9.17) is 10.5 Å². The van der Waals surface area contributed by atoms with Crippen molar-refractivity contribution >= 4 is 17.7 Å². The first-order chi connectivity index (χ1) is 15.4. The molecule has 0 spiro atoms. The zero-order valence-electron chi connectivity index (χ0n) is 17.3. The van der Waals surface area contributed by atoms with Crippen molar-refractivity contribution in [1.29, 1.82) is 0 Å². The predicted octanol–water partition coefficient (Wildman–Crippen LogP) is 2.72. The molecule has 8 heteroatoms. The van der Waals surface area contributed by atoms with Gasteiger partial charge in [0.05, 0.1) is 12.7 Å². The van der Waals surface area contributed by atoms with Crippen LogP contribution in [0.5, 0.6) is 5.75 Å². The van der Waals surface area contributed by atoms with E-state index >= 15 is 0 Å². The molecule has 32 heavy (non-hydrogen) atoms. The molecule has 0 fully saturated rings. The Bertz CT molecular complexity index is 1120. The lowest BCUT2D eigenvalue weighted by atomic mass is 10.0. The summed E-state index contributed by atoms with van der Waals surface area (Å²) < 4.78 is 18.2. The Hall–Kier alpha value is -4.20. The van der Waals surface area contributed by atoms with E-state index < -0.39 is 23.8 Å². The number of nitrogens with two attached hydrogens (primary N) is 1. The van der Waals surface area contributed by atoms with Crippen LogP contribution in [0.25, 0.3) is 0 Å². The molecule has 0 bridgehead atoms. The number of nitrogens with one attached hydrogen (secondary N) is 2. The number of hydrogen-bond acceptors (Lipinski definition) is 4. The summed E-state index contributed by atoms with van der Waals surface area (Å²) >= 11 is 0. The molecule has 0 aliphatic rings. The maximum atomic E-state index is 13.1. The van der Waals surface area contributed by atoms with Gasteiger partial charge in [-0.3, -0.25) is 14.4 Å². The number of benzene rings is 3. The molecule has 1 unspecified atom stereocenters. The molecule has 7 nitrogen and oxygen atoms in total. The topological polar surface area (TPSA) is 111 Å². The first-order valence-electron chi connectivity index (χ1n) is 9.75. The lowest BCUT2D eigenvalue weighted by Crippen LogP contribution is -2.40. The Labute approximate surface area is 184 Å². The molecule has 3 rings (SSSR count). The summed E-state index contributed by atoms with van der Waals surface area (Å²) in [5, 5.41) is 5.47. The van der Waals surface area contributed by atoms with Crippen LogP contribution in [-0.4, -0.2) is 24.8 Å². The lowest BCUT2D eigenvalue weighted by Gasteiger charge is -2.19. The van der Waals surface area contributed by atoms with Crippen LogP contribution >= 0.6 is 0 Å². The second kappa shape index (κ2) is 10.2. The molecule has 0 aliphatic heterocycles. The molecule has 1 atom stereocenters. The number of rotatable bonds is 8. The largest absolute Gasteiger partial charge is 0.496 e. The summed E-state index contributed by atoms with van der Waals surface area (Å²) in [6, 6.07) is 17.7. The Morgan fingerprint density at radius 2 is 1.69 bits per heavy atom. The highest BCUT2D eigenvalue weighted by atomic mass is 19.1. The van der Waals surface area contributed by atoms with Gasteiger partial charge in [0.25, 0.3) is 11.8 Å². The van der Waals surface area contributed by atoms with Crippen LogP contribution in [0.1, 0.15) is 37.9 Å². The Balaban J connectivity index is 1.80. The fourth-order valence-corrected chi connectivity index (χ4v) is 3.09. The van der Waals surface area contributed by atoms with Gasteiger partial charge in [-0.15, -0.1) is 0 Å². The van der Waals surface area contributed by atoms with Gasteiger partial charge < -0.3 is 21.1 Å². The molecule has 3 aromatic rings. The summed E-state index contributed by atoms with van der Waals surface area (Å²) in [6.45, 7) is 0.166. The van der Waals surface area contributed by atoms with Crippen molar-refractivity contribution < 1.29 is 23.5 Å². The average molecular weight is 435 g/mol. The van der Waals surface area contributed by atoms with Gasteiger partial charge in [0, 0.05) is 12.1 Å². The van der Waals surface area contributed by atoms with Gasteiger partial charge in [-0.05, 0) is 41.5 Å². The third-order valence-electron chi connectivity index (χ3n) is 4.78. The Kier molecular flexibility index (Phi) is 7.17. The van der Waals surface area contributed by atoms with Crippen molar-refractivity contribution in [1.82, 2.24) is 10.6 Å². The summed E-state index contributed by atoms with van der Waals surface area (Å²) in [6.07, 6.45) is 0. The van der Waals surface area contributed by atoms with Crippen LogP contribution in [0.4, 0.5) is 4.39 Å². The van der Waals surface area contributed by atoms with Crippen LogP contribution in [0.15, 0.2) is 72.8 Å². The first kappa shape index (κ1) is 22.5. The molecule has 0 radical (unpaired) electrons. The van der Waals surface area contributed by atoms with Crippen molar-refractivity contribution in [3.8, 4) is 5.75 Å². The molecule has 0 aliphatic carbocycles. The minimum absolute atomic E-state index is 0.140. The smallest absolute Gasteiger partial charge is 0.252 e. The van der Waals surface area contributed by atoms with Gasteiger partial charge in [-0.25, -0.2) is 4.39 Å². The molecule has 4 N–H and O–H groups in total. The Morgan fingerprint density at radius 1 is 1.00 bits per heavy atom. The van der Waals surface area contributed by atoms with E-state index in [2.05, 4.69) is 10.6 Å². The van der Waals surface area contributed by atoms with Crippen LogP contribution in [0, 0.1) is 5.82 Å². The van der Waals surface area contributed by atoms with Gasteiger partial charge in [0.1, 0.15) is 17.6 Å². The maximum Gasteiger partial charge on any atom is 0.252 e. The van der Waals surface area contributed by atoms with Crippen LogP contribution in [-0.2, 0) is 11.3 Å². The molecule has 0 saturated carbocycles. The highest BCUT2D eigenvalue weighted by Gasteiger charge is 2.24. The van der Waals surface area contributed by atoms with Crippen molar-refractivity contribution in [2.45, 2.75) is 12.6 Å². The molecule has 0 aromatic heterocycles. The minimum atomic E-state index is -0.981. The summed E-state index contributed by atoms with van der Waals surface area (Å²) in [5.41, 5.74) is 6.94. The van der Waals surface area contributed by atoms with Gasteiger partial charge in [0.2, 0.25) is 5.91 Å². The van der Waals surface area contributed by atoms with Gasteiger partial charge in [-0.2, -0.15) is 0 Å². The van der Waals surface area contributed by atoms with Gasteiger partial charge >= 0.3 is 0 Å². The van der Waals surface area contributed by atoms with Crippen LogP contribution in [0.2, 0.25) is 0 Å². The molecular formula is C24H22FN3O4. The zero-order chi connectivity index (χ0) is 23.1. The van der Waals surface area contributed by atoms with Crippen LogP contribution in [0.3, 0.4) is 0 Å². The van der Waals surface area contributed by atoms with Crippen molar-refractivity contribution in [3.63, 3.8) is 0 Å². The fourth-order valence-electron chi connectivity index (χ4n) is 3.09. The van der Waals surface area contributed by atoms with E-state index in [1.165, 1.54) is 37.4 Å². The predicted molar refractivity (Wildman–Crippen MR) is 116 cm³/mol. The van der Waals surface area contributed by atoms with Crippen molar-refractivity contribution in [2.75, 3.05) is 7.11 Å². The third-order valence-corrected chi connectivity index (χ3v) is 4.78. The quantitative estimate of drug-likeness (QED) is 0.505. The molecule has 3 amide bonds. The van der Waals surface area contributed by atoms with Gasteiger partial charge in [-0.1, -0.05) is 42.5 Å². The minimum Gasteiger partial charge on any atom is -0.496 e. The molecule has 164 valence electrons. The second-order valence-corrected chi connectivity index (χ2v) is 6.94. The molecule has 0 heterocycles. The zero-order valence-corrected chi connectivity index (χ0v) is 17.3. The number of methoxy groups -OCH3 is 1. The van der Waals surface area contributed by atoms with E-state index in [1.54, 1.807) is 42.5 Å². The van der Waals surface area contributed by atoms with E-state index in [0.29, 0.717) is 11.1 Å². The first-order valence-corrected chi connectivity index (χ1v) is 9.75. The van der Waals surface area contributed by atoms with Gasteiger partial charge in [0.15, 0.2) is 0 Å². The number of carbonyl (C=O) groups is 3. The second-order valence-electron chi connectivity index (χ2n) is 6.94. The summed E-state index contributed by atoms with van der Waals surface area (Å²) in [5.74, 6) is -1.87. The SMILES string of the molecule is COc1cc(C(=O)NC(C(=O)NCc2ccc(F)cc2)c2ccccc2)ccc1C(N)=O. The monoisotopic (exact) mass is 435 g/mol. The molecule has 3 aromatic carbocycles. The van der Waals surface area contributed by atoms with E-state index in [1.807, 2.05) is 0 Å². The van der Waals surface area contributed by atoms with Crippen molar-refractivity contribution in [3.05, 3.63) is 101 Å².